The van der Waals surface area contributed by atoms with Crippen LogP contribution in [0.3, 0.4) is 0 Å². The van der Waals surface area contributed by atoms with Crippen LogP contribution in [-0.4, -0.2) is 25.8 Å². The molecule has 0 radical (unpaired) electrons. The van der Waals surface area contributed by atoms with Crippen molar-refractivity contribution in [2.24, 2.45) is 0 Å². The summed E-state index contributed by atoms with van der Waals surface area (Å²) in [5.41, 5.74) is 0. The van der Waals surface area contributed by atoms with Gasteiger partial charge in [0, 0.05) is 25.7 Å². The molecular weight excluding hydrogens is 214 g/mol. The van der Waals surface area contributed by atoms with Crippen molar-refractivity contribution in [3.05, 3.63) is 24.2 Å². The molecule has 17 heavy (non-hydrogen) atoms. The van der Waals surface area contributed by atoms with E-state index < -0.39 is 0 Å². The van der Waals surface area contributed by atoms with Gasteiger partial charge in [0.05, 0.1) is 6.26 Å². The third-order valence-electron chi connectivity index (χ3n) is 2.71. The number of rotatable bonds is 10. The molecule has 1 atom stereocenters. The predicted octanol–water partition coefficient (Wildman–Crippen LogP) is 3.01. The molecule has 0 aliphatic rings. The summed E-state index contributed by atoms with van der Waals surface area (Å²) >= 11 is 0. The molecule has 0 saturated carbocycles. The minimum atomic E-state index is 0.534. The van der Waals surface area contributed by atoms with Gasteiger partial charge in [-0.05, 0) is 44.9 Å². The van der Waals surface area contributed by atoms with Crippen LogP contribution in [0.15, 0.2) is 22.8 Å². The van der Waals surface area contributed by atoms with Gasteiger partial charge in [-0.3, -0.25) is 0 Å². The highest BCUT2D eigenvalue weighted by atomic mass is 16.5. The number of ether oxygens (including phenoxy) is 1. The van der Waals surface area contributed by atoms with Crippen LogP contribution < -0.4 is 5.32 Å². The molecular formula is C14H25NO2. The molecule has 0 aromatic carbocycles. The van der Waals surface area contributed by atoms with E-state index in [1.54, 1.807) is 6.26 Å². The number of aryl methyl sites for hydroxylation is 1. The summed E-state index contributed by atoms with van der Waals surface area (Å²) in [6.07, 6.45) is 6.05. The van der Waals surface area contributed by atoms with Crippen molar-refractivity contribution < 1.29 is 9.15 Å². The molecule has 1 heterocycles. The highest BCUT2D eigenvalue weighted by molar-refractivity contribution is 4.98. The van der Waals surface area contributed by atoms with Gasteiger partial charge < -0.3 is 14.5 Å². The fourth-order valence-electron chi connectivity index (χ4n) is 1.68. The minimum absolute atomic E-state index is 0.534. The monoisotopic (exact) mass is 239 g/mol. The zero-order valence-electron chi connectivity index (χ0n) is 11.1. The largest absolute Gasteiger partial charge is 0.469 e. The summed E-state index contributed by atoms with van der Waals surface area (Å²) in [6.45, 7) is 7.13. The third kappa shape index (κ3) is 7.18. The van der Waals surface area contributed by atoms with Crippen LogP contribution >= 0.6 is 0 Å². The summed E-state index contributed by atoms with van der Waals surface area (Å²) in [6, 6.07) is 4.51. The zero-order valence-corrected chi connectivity index (χ0v) is 11.1. The summed E-state index contributed by atoms with van der Waals surface area (Å²) in [4.78, 5) is 0. The Morgan fingerprint density at radius 3 is 3.00 bits per heavy atom. The summed E-state index contributed by atoms with van der Waals surface area (Å²) in [5.74, 6) is 1.07. The molecule has 1 aromatic heterocycles. The van der Waals surface area contributed by atoms with Crippen LogP contribution in [-0.2, 0) is 11.2 Å². The normalized spacial score (nSPS) is 12.8. The molecule has 0 spiro atoms. The van der Waals surface area contributed by atoms with Crippen LogP contribution in [0.2, 0.25) is 0 Å². The predicted molar refractivity (Wildman–Crippen MR) is 70.2 cm³/mol. The first-order valence-electron chi connectivity index (χ1n) is 6.66. The van der Waals surface area contributed by atoms with E-state index in [1.165, 1.54) is 0 Å². The summed E-state index contributed by atoms with van der Waals surface area (Å²) < 4.78 is 10.7. The topological polar surface area (TPSA) is 34.4 Å². The lowest BCUT2D eigenvalue weighted by Crippen LogP contribution is -2.28. The van der Waals surface area contributed by atoms with Crippen LogP contribution in [0.5, 0.6) is 0 Å². The Balaban J connectivity index is 1.92. The van der Waals surface area contributed by atoms with E-state index in [0.717, 1.165) is 51.2 Å². The van der Waals surface area contributed by atoms with Crippen LogP contribution in [0.4, 0.5) is 0 Å². The Labute approximate surface area is 105 Å². The van der Waals surface area contributed by atoms with Gasteiger partial charge >= 0.3 is 0 Å². The van der Waals surface area contributed by atoms with Crippen LogP contribution in [0.25, 0.3) is 0 Å². The van der Waals surface area contributed by atoms with Crippen LogP contribution in [0, 0.1) is 0 Å². The van der Waals surface area contributed by atoms with E-state index in [9.17, 15) is 0 Å². The van der Waals surface area contributed by atoms with Gasteiger partial charge in [0.15, 0.2) is 0 Å². The molecule has 1 unspecified atom stereocenters. The van der Waals surface area contributed by atoms with Crippen molar-refractivity contribution in [2.45, 2.75) is 45.6 Å². The van der Waals surface area contributed by atoms with Crippen molar-refractivity contribution in [3.8, 4) is 0 Å². The second-order valence-corrected chi connectivity index (χ2v) is 4.44. The maximum Gasteiger partial charge on any atom is 0.103 e. The molecule has 3 heteroatoms. The number of hydrogen-bond donors (Lipinski definition) is 1. The fourth-order valence-corrected chi connectivity index (χ4v) is 1.68. The van der Waals surface area contributed by atoms with Gasteiger partial charge in [-0.25, -0.2) is 0 Å². The fraction of sp³-hybridized carbons (Fsp3) is 0.714. The lowest BCUT2D eigenvalue weighted by Gasteiger charge is -2.12. The maximum atomic E-state index is 5.43. The Kier molecular flexibility index (Phi) is 7.76. The molecule has 98 valence electrons. The van der Waals surface area contributed by atoms with Gasteiger partial charge in [-0.15, -0.1) is 0 Å². The third-order valence-corrected chi connectivity index (χ3v) is 2.71. The smallest absolute Gasteiger partial charge is 0.103 e. The van der Waals surface area contributed by atoms with E-state index in [1.807, 2.05) is 12.1 Å². The van der Waals surface area contributed by atoms with Gasteiger partial charge in [-0.2, -0.15) is 0 Å². The lowest BCUT2D eigenvalue weighted by molar-refractivity contribution is 0.131. The highest BCUT2D eigenvalue weighted by Gasteiger charge is 2.02. The van der Waals surface area contributed by atoms with Gasteiger partial charge in [0.2, 0.25) is 0 Å². The second-order valence-electron chi connectivity index (χ2n) is 4.44. The van der Waals surface area contributed by atoms with Crippen LogP contribution in [0.1, 0.15) is 38.9 Å². The van der Waals surface area contributed by atoms with Crippen molar-refractivity contribution in [1.82, 2.24) is 5.32 Å². The Hall–Kier alpha value is -0.800. The highest BCUT2D eigenvalue weighted by Crippen LogP contribution is 2.05. The first-order chi connectivity index (χ1) is 8.33. The van der Waals surface area contributed by atoms with E-state index in [2.05, 4.69) is 19.2 Å². The van der Waals surface area contributed by atoms with Gasteiger partial charge in [0.25, 0.3) is 0 Å². The molecule has 1 aromatic rings. The second kappa shape index (κ2) is 9.25. The molecule has 1 rings (SSSR count). The lowest BCUT2D eigenvalue weighted by atomic mass is 10.1. The number of furan rings is 1. The van der Waals surface area contributed by atoms with E-state index in [-0.39, 0.29) is 0 Å². The first-order valence-corrected chi connectivity index (χ1v) is 6.66. The minimum Gasteiger partial charge on any atom is -0.469 e. The molecule has 0 aliphatic carbocycles. The average Bonchev–Trinajstić information content (AvgIpc) is 2.84. The Bertz CT molecular complexity index is 259. The standard InChI is InChI=1S/C14H25NO2/c1-3-10-16-11-5-9-15-13(2)7-8-14-6-4-12-17-14/h4,6,12-13,15H,3,5,7-11H2,1-2H3. The molecule has 0 amide bonds. The van der Waals surface area contributed by atoms with E-state index >= 15 is 0 Å². The van der Waals surface area contributed by atoms with Crippen molar-refractivity contribution in [1.29, 1.82) is 0 Å². The molecule has 0 aliphatic heterocycles. The Morgan fingerprint density at radius 2 is 2.29 bits per heavy atom. The summed E-state index contributed by atoms with van der Waals surface area (Å²) in [5, 5.41) is 3.50. The Morgan fingerprint density at radius 1 is 1.41 bits per heavy atom. The number of nitrogens with one attached hydrogen (secondary N) is 1. The maximum absolute atomic E-state index is 5.43. The quantitative estimate of drug-likeness (QED) is 0.637. The molecule has 0 fully saturated rings. The van der Waals surface area contributed by atoms with Gasteiger partial charge in [0.1, 0.15) is 5.76 Å². The van der Waals surface area contributed by atoms with Crippen molar-refractivity contribution >= 4 is 0 Å². The molecule has 1 N–H and O–H groups in total. The van der Waals surface area contributed by atoms with E-state index in [4.69, 9.17) is 9.15 Å². The summed E-state index contributed by atoms with van der Waals surface area (Å²) in [7, 11) is 0. The average molecular weight is 239 g/mol. The zero-order chi connectivity index (χ0) is 12.3. The van der Waals surface area contributed by atoms with E-state index in [0.29, 0.717) is 6.04 Å². The molecule has 0 bridgehead atoms. The number of hydrogen-bond acceptors (Lipinski definition) is 3. The van der Waals surface area contributed by atoms with Crippen molar-refractivity contribution in [2.75, 3.05) is 19.8 Å². The van der Waals surface area contributed by atoms with Crippen molar-refractivity contribution in [3.63, 3.8) is 0 Å². The molecule has 0 saturated heterocycles. The SMILES string of the molecule is CCCOCCCNC(C)CCc1ccco1. The molecule has 3 nitrogen and oxygen atoms in total. The van der Waals surface area contributed by atoms with Gasteiger partial charge in [-0.1, -0.05) is 6.92 Å². The first kappa shape index (κ1) is 14.3.